The Morgan fingerprint density at radius 1 is 1.71 bits per heavy atom. The van der Waals surface area contributed by atoms with Gasteiger partial charge in [0.05, 0.1) is 0 Å². The fraction of sp³-hybridized carbons (Fsp3) is 0. The molecule has 3 amide bonds. The maximum atomic E-state index is 9.63. The number of hydrazine groups is 1. The summed E-state index contributed by atoms with van der Waals surface area (Å²) in [5.41, 5.74) is 7.97. The van der Waals surface area contributed by atoms with Crippen LogP contribution in [0, 0.1) is 0 Å². The summed E-state index contributed by atoms with van der Waals surface area (Å²) in [5.74, 6) is 0. The van der Waals surface area contributed by atoms with Gasteiger partial charge in [0.1, 0.15) is 0 Å². The molecule has 0 aliphatic rings. The predicted molar refractivity (Wildman–Crippen MR) is 21.5 cm³/mol. The molecule has 0 rings (SSSR count). The molecule has 0 aliphatic carbocycles. The molecule has 0 heterocycles. The van der Waals surface area contributed by atoms with Crippen molar-refractivity contribution in [3.05, 3.63) is 0 Å². The van der Waals surface area contributed by atoms with Gasteiger partial charge in [-0.15, -0.1) is 0 Å². The molecule has 5 heteroatoms. The van der Waals surface area contributed by atoms with E-state index in [-0.39, 0.29) is 0 Å². The van der Waals surface area contributed by atoms with Crippen molar-refractivity contribution in [3.63, 3.8) is 0 Å². The zero-order valence-electron chi connectivity index (χ0n) is 3.39. The van der Waals surface area contributed by atoms with Crippen LogP contribution in [0.25, 0.3) is 0 Å². The molecule has 39 valence electrons. The fourth-order valence-electron chi connectivity index (χ4n) is 0.0871. The minimum Gasteiger partial charge on any atom is -0.350 e. The Morgan fingerprint density at radius 2 is 2.29 bits per heavy atom. The van der Waals surface area contributed by atoms with Crippen LogP contribution in [-0.2, 0) is 4.79 Å². The Hall–Kier alpha value is -1.26. The van der Waals surface area contributed by atoms with Gasteiger partial charge in [-0.1, -0.05) is 0 Å². The van der Waals surface area contributed by atoms with Crippen molar-refractivity contribution in [2.75, 3.05) is 0 Å². The van der Waals surface area contributed by atoms with Crippen molar-refractivity contribution in [2.45, 2.75) is 0 Å². The second kappa shape index (κ2) is 2.95. The van der Waals surface area contributed by atoms with Crippen LogP contribution < -0.4 is 16.6 Å². The van der Waals surface area contributed by atoms with E-state index < -0.39 is 6.03 Å². The van der Waals surface area contributed by atoms with E-state index in [1.165, 1.54) is 6.41 Å². The number of urea groups is 1. The molecule has 0 aliphatic heterocycles. The van der Waals surface area contributed by atoms with Gasteiger partial charge in [0, 0.05) is 0 Å². The summed E-state index contributed by atoms with van der Waals surface area (Å²) >= 11 is 0. The number of nitrogens with one attached hydrogen (secondary N) is 2. The van der Waals surface area contributed by atoms with E-state index in [9.17, 15) is 9.59 Å². The molecule has 7 heavy (non-hydrogen) atoms. The molecule has 5 nitrogen and oxygen atoms in total. The highest BCUT2D eigenvalue weighted by Crippen LogP contribution is 1.41. The highest BCUT2D eigenvalue weighted by Gasteiger charge is 1.82. The van der Waals surface area contributed by atoms with Gasteiger partial charge < -0.3 is 5.73 Å². The van der Waals surface area contributed by atoms with Crippen molar-refractivity contribution in [3.8, 4) is 0 Å². The lowest BCUT2D eigenvalue weighted by Gasteiger charge is -1.91. The number of carbonyl (C=O) groups excluding carboxylic acids is 2. The standard InChI is InChI=1S/C2H4N3O2/c3-2(7)5-4-1-6/h(H,4,6)(H3,3,5,7). The number of hydrogen-bond acceptors (Lipinski definition) is 2. The molecule has 1 radical (unpaired) electrons. The molecule has 0 saturated carbocycles. The maximum absolute atomic E-state index is 9.63. The number of primary amides is 1. The largest absolute Gasteiger partial charge is 0.350 e. The lowest BCUT2D eigenvalue weighted by molar-refractivity contribution is 0.247. The number of amides is 3. The third-order valence-corrected chi connectivity index (χ3v) is 0.237. The highest BCUT2D eigenvalue weighted by atomic mass is 16.2. The number of rotatable bonds is 2. The van der Waals surface area contributed by atoms with Gasteiger partial charge in [-0.05, 0) is 0 Å². The molecule has 0 aromatic rings. The lowest BCUT2D eigenvalue weighted by Crippen LogP contribution is -2.39. The van der Waals surface area contributed by atoms with E-state index in [1.807, 2.05) is 0 Å². The Bertz CT molecular complexity index is 81.0. The zero-order valence-corrected chi connectivity index (χ0v) is 3.39. The van der Waals surface area contributed by atoms with Gasteiger partial charge in [-0.25, -0.2) is 10.2 Å². The van der Waals surface area contributed by atoms with Crippen molar-refractivity contribution in [1.29, 1.82) is 0 Å². The average molecular weight is 102 g/mol. The first-order chi connectivity index (χ1) is 3.27. The summed E-state index contributed by atoms with van der Waals surface area (Å²) in [6, 6.07) is -0.816. The van der Waals surface area contributed by atoms with E-state index in [0.717, 1.165) is 0 Å². The van der Waals surface area contributed by atoms with Crippen LogP contribution >= 0.6 is 0 Å². The van der Waals surface area contributed by atoms with Gasteiger partial charge in [0.15, 0.2) is 0 Å². The Labute approximate surface area is 39.8 Å². The molecule has 0 unspecified atom stereocenters. The summed E-state index contributed by atoms with van der Waals surface area (Å²) in [6.45, 7) is 0. The molecular formula is C2H4N3O2. The minimum absolute atomic E-state index is 0.816. The average Bonchev–Trinajstić information content (AvgIpc) is 1.61. The SMILES string of the molecule is NC(=O)NN[C]=O. The smallest absolute Gasteiger partial charge is 0.330 e. The Balaban J connectivity index is 2.97. The van der Waals surface area contributed by atoms with E-state index in [2.05, 4.69) is 5.73 Å². The fourth-order valence-corrected chi connectivity index (χ4v) is 0.0871. The summed E-state index contributed by atoms with van der Waals surface area (Å²) in [6.07, 6.45) is 1.19. The molecule has 0 spiro atoms. The zero-order chi connectivity index (χ0) is 5.70. The Morgan fingerprint density at radius 3 is 2.43 bits per heavy atom. The molecule has 0 saturated heterocycles. The van der Waals surface area contributed by atoms with E-state index in [0.29, 0.717) is 0 Å². The van der Waals surface area contributed by atoms with Gasteiger partial charge >= 0.3 is 12.4 Å². The monoisotopic (exact) mass is 102 g/mol. The minimum atomic E-state index is -0.816. The Kier molecular flexibility index (Phi) is 2.42. The van der Waals surface area contributed by atoms with Gasteiger partial charge in [0.25, 0.3) is 0 Å². The molecule has 0 bridgehead atoms. The maximum Gasteiger partial charge on any atom is 0.330 e. The van der Waals surface area contributed by atoms with Gasteiger partial charge in [-0.3, -0.25) is 10.2 Å². The summed E-state index contributed by atoms with van der Waals surface area (Å²) in [7, 11) is 0. The molecular weight excluding hydrogens is 98.0 g/mol. The summed E-state index contributed by atoms with van der Waals surface area (Å²) in [4.78, 5) is 18.8. The molecule has 0 atom stereocenters. The summed E-state index contributed by atoms with van der Waals surface area (Å²) < 4.78 is 0. The molecule has 0 aromatic carbocycles. The first-order valence-corrected chi connectivity index (χ1v) is 1.45. The number of carbonyl (C=O) groups is 1. The molecule has 4 N–H and O–H groups in total. The third kappa shape index (κ3) is 4.74. The highest BCUT2D eigenvalue weighted by molar-refractivity contribution is 5.72. The van der Waals surface area contributed by atoms with Crippen LogP contribution in [0.1, 0.15) is 0 Å². The van der Waals surface area contributed by atoms with Crippen LogP contribution in [0.5, 0.6) is 0 Å². The third-order valence-electron chi connectivity index (χ3n) is 0.237. The van der Waals surface area contributed by atoms with Crippen LogP contribution in [0.15, 0.2) is 0 Å². The first kappa shape index (κ1) is 5.74. The second-order valence-corrected chi connectivity index (χ2v) is 0.716. The van der Waals surface area contributed by atoms with Crippen molar-refractivity contribution < 1.29 is 9.59 Å². The van der Waals surface area contributed by atoms with Crippen LogP contribution in [0.2, 0.25) is 0 Å². The number of hydrogen-bond donors (Lipinski definition) is 3. The molecule has 0 fully saturated rings. The topological polar surface area (TPSA) is 84.2 Å². The summed E-state index contributed by atoms with van der Waals surface area (Å²) in [5, 5.41) is 0. The van der Waals surface area contributed by atoms with Crippen molar-refractivity contribution in [1.82, 2.24) is 10.9 Å². The van der Waals surface area contributed by atoms with Gasteiger partial charge in [-0.2, -0.15) is 0 Å². The van der Waals surface area contributed by atoms with Gasteiger partial charge in [0.2, 0.25) is 0 Å². The van der Waals surface area contributed by atoms with Crippen molar-refractivity contribution in [2.24, 2.45) is 5.73 Å². The van der Waals surface area contributed by atoms with E-state index in [1.54, 1.807) is 10.9 Å². The molecule has 0 aromatic heterocycles. The quantitative estimate of drug-likeness (QED) is 0.284. The second-order valence-electron chi connectivity index (χ2n) is 0.716. The van der Waals surface area contributed by atoms with Crippen LogP contribution in [0.3, 0.4) is 0 Å². The first-order valence-electron chi connectivity index (χ1n) is 1.45. The van der Waals surface area contributed by atoms with Crippen LogP contribution in [-0.4, -0.2) is 12.4 Å². The predicted octanol–water partition coefficient (Wildman–Crippen LogP) is -1.77. The van der Waals surface area contributed by atoms with E-state index in [4.69, 9.17) is 0 Å². The number of nitrogens with two attached hydrogens (primary N) is 1. The van der Waals surface area contributed by atoms with Crippen LogP contribution in [0.4, 0.5) is 4.79 Å². The van der Waals surface area contributed by atoms with Crippen molar-refractivity contribution >= 4 is 12.4 Å². The van der Waals surface area contributed by atoms with E-state index >= 15 is 0 Å². The normalized spacial score (nSPS) is 6.86. The lowest BCUT2D eigenvalue weighted by atomic mass is 11.1.